The van der Waals surface area contributed by atoms with Crippen LogP contribution < -0.4 is 10.6 Å². The first kappa shape index (κ1) is 17.0. The van der Waals surface area contributed by atoms with Crippen LogP contribution >= 0.6 is 0 Å². The average Bonchev–Trinajstić information content (AvgIpc) is 3.15. The fourth-order valence-electron chi connectivity index (χ4n) is 2.24. The molecule has 1 aromatic heterocycles. The Kier molecular flexibility index (Phi) is 5.14. The van der Waals surface area contributed by atoms with E-state index in [-0.39, 0.29) is 11.4 Å². The molecule has 3 aromatic rings. The third kappa shape index (κ3) is 4.39. The summed E-state index contributed by atoms with van der Waals surface area (Å²) in [6.45, 7) is 0. The quantitative estimate of drug-likeness (QED) is 0.616. The maximum atomic E-state index is 12.6. The molecule has 6 heteroatoms. The maximum absolute atomic E-state index is 12.6. The summed E-state index contributed by atoms with van der Waals surface area (Å²) in [5, 5.41) is 14.7. The molecule has 0 saturated heterocycles. The first-order chi connectivity index (χ1) is 12.6. The molecule has 6 nitrogen and oxygen atoms in total. The SMILES string of the molecule is O=C(Nc1cccc(O)c1)C(=Cc1ccco1)NC(=O)c1ccccc1. The zero-order valence-electron chi connectivity index (χ0n) is 13.7. The minimum Gasteiger partial charge on any atom is -0.508 e. The van der Waals surface area contributed by atoms with E-state index in [1.165, 1.54) is 24.5 Å². The lowest BCUT2D eigenvalue weighted by atomic mass is 10.2. The summed E-state index contributed by atoms with van der Waals surface area (Å²) in [7, 11) is 0. The topological polar surface area (TPSA) is 91.6 Å². The van der Waals surface area contributed by atoms with E-state index in [2.05, 4.69) is 10.6 Å². The zero-order valence-corrected chi connectivity index (χ0v) is 13.7. The van der Waals surface area contributed by atoms with Gasteiger partial charge in [0.25, 0.3) is 11.8 Å². The van der Waals surface area contributed by atoms with Crippen molar-refractivity contribution in [1.82, 2.24) is 5.32 Å². The molecule has 0 saturated carbocycles. The first-order valence-corrected chi connectivity index (χ1v) is 7.84. The maximum Gasteiger partial charge on any atom is 0.272 e. The van der Waals surface area contributed by atoms with Gasteiger partial charge in [0.2, 0.25) is 0 Å². The van der Waals surface area contributed by atoms with Crippen molar-refractivity contribution in [3.63, 3.8) is 0 Å². The number of amides is 2. The number of phenolic OH excluding ortho intramolecular Hbond substituents is 1. The predicted octanol–water partition coefficient (Wildman–Crippen LogP) is 3.39. The van der Waals surface area contributed by atoms with Crippen molar-refractivity contribution < 1.29 is 19.1 Å². The van der Waals surface area contributed by atoms with E-state index in [4.69, 9.17) is 4.42 Å². The number of carbonyl (C=O) groups excluding carboxylic acids is 2. The Labute approximate surface area is 149 Å². The molecule has 26 heavy (non-hydrogen) atoms. The van der Waals surface area contributed by atoms with Gasteiger partial charge in [-0.25, -0.2) is 0 Å². The van der Waals surface area contributed by atoms with Crippen molar-refractivity contribution in [3.8, 4) is 5.75 Å². The Morgan fingerprint density at radius 3 is 2.46 bits per heavy atom. The molecular formula is C20H16N2O4. The van der Waals surface area contributed by atoms with Crippen LogP contribution in [0.3, 0.4) is 0 Å². The molecule has 0 bridgehead atoms. The van der Waals surface area contributed by atoms with Crippen LogP contribution in [0.4, 0.5) is 5.69 Å². The Hall–Kier alpha value is -3.80. The Morgan fingerprint density at radius 2 is 1.77 bits per heavy atom. The molecule has 3 rings (SSSR count). The zero-order chi connectivity index (χ0) is 18.4. The number of benzene rings is 2. The van der Waals surface area contributed by atoms with E-state index in [0.29, 0.717) is 17.0 Å². The summed E-state index contributed by atoms with van der Waals surface area (Å²) in [6, 6.07) is 18.0. The van der Waals surface area contributed by atoms with Gasteiger partial charge < -0.3 is 20.2 Å². The van der Waals surface area contributed by atoms with Crippen molar-refractivity contribution in [2.75, 3.05) is 5.32 Å². The van der Waals surface area contributed by atoms with Gasteiger partial charge in [-0.1, -0.05) is 24.3 Å². The number of phenols is 1. The summed E-state index contributed by atoms with van der Waals surface area (Å²) in [5.41, 5.74) is 0.828. The van der Waals surface area contributed by atoms with E-state index < -0.39 is 11.8 Å². The molecular weight excluding hydrogens is 332 g/mol. The molecule has 0 spiro atoms. The van der Waals surface area contributed by atoms with E-state index in [9.17, 15) is 14.7 Å². The molecule has 0 radical (unpaired) electrons. The molecule has 2 amide bonds. The number of aromatic hydroxyl groups is 1. The number of rotatable bonds is 5. The first-order valence-electron chi connectivity index (χ1n) is 7.84. The van der Waals surface area contributed by atoms with Crippen LogP contribution in [0.2, 0.25) is 0 Å². The predicted molar refractivity (Wildman–Crippen MR) is 97.3 cm³/mol. The van der Waals surface area contributed by atoms with Crippen LogP contribution in [0.5, 0.6) is 5.75 Å². The Bertz CT molecular complexity index is 931. The fourth-order valence-corrected chi connectivity index (χ4v) is 2.24. The third-order valence-corrected chi connectivity index (χ3v) is 3.46. The molecule has 0 aliphatic heterocycles. The minimum atomic E-state index is -0.545. The van der Waals surface area contributed by atoms with Crippen molar-refractivity contribution >= 4 is 23.6 Å². The number of furan rings is 1. The molecule has 1 heterocycles. The normalized spacial score (nSPS) is 11.0. The van der Waals surface area contributed by atoms with Crippen molar-refractivity contribution in [2.45, 2.75) is 0 Å². The smallest absolute Gasteiger partial charge is 0.272 e. The Morgan fingerprint density at radius 1 is 0.962 bits per heavy atom. The lowest BCUT2D eigenvalue weighted by molar-refractivity contribution is -0.113. The van der Waals surface area contributed by atoms with Crippen LogP contribution in [0, 0.1) is 0 Å². The number of carbonyl (C=O) groups is 2. The highest BCUT2D eigenvalue weighted by Crippen LogP contribution is 2.16. The molecule has 0 unspecified atom stereocenters. The lowest BCUT2D eigenvalue weighted by Crippen LogP contribution is -2.30. The van der Waals surface area contributed by atoms with Crippen LogP contribution in [-0.2, 0) is 4.79 Å². The number of hydrogen-bond acceptors (Lipinski definition) is 4. The molecule has 3 N–H and O–H groups in total. The van der Waals surface area contributed by atoms with Gasteiger partial charge in [0.15, 0.2) is 0 Å². The monoisotopic (exact) mass is 348 g/mol. The van der Waals surface area contributed by atoms with E-state index in [1.54, 1.807) is 54.6 Å². The van der Waals surface area contributed by atoms with E-state index >= 15 is 0 Å². The standard InChI is InChI=1S/C20H16N2O4/c23-16-9-4-8-15(12-16)21-20(25)18(13-17-10-5-11-26-17)22-19(24)14-6-2-1-3-7-14/h1-13,23H,(H,21,25)(H,22,24). The van der Waals surface area contributed by atoms with Gasteiger partial charge in [-0.05, 0) is 36.4 Å². The molecule has 130 valence electrons. The fraction of sp³-hybridized carbons (Fsp3) is 0. The molecule has 0 aliphatic carbocycles. The number of hydrogen-bond donors (Lipinski definition) is 3. The highest BCUT2D eigenvalue weighted by molar-refractivity contribution is 6.10. The summed E-state index contributed by atoms with van der Waals surface area (Å²) in [6.07, 6.45) is 2.90. The minimum absolute atomic E-state index is 0.0112. The summed E-state index contributed by atoms with van der Waals surface area (Å²) < 4.78 is 5.22. The van der Waals surface area contributed by atoms with Crippen LogP contribution in [0.25, 0.3) is 6.08 Å². The van der Waals surface area contributed by atoms with E-state index in [1.807, 2.05) is 0 Å². The van der Waals surface area contributed by atoms with Crippen LogP contribution in [0.1, 0.15) is 16.1 Å². The third-order valence-electron chi connectivity index (χ3n) is 3.46. The summed E-state index contributed by atoms with van der Waals surface area (Å²) in [4.78, 5) is 25.0. The second kappa shape index (κ2) is 7.85. The van der Waals surface area contributed by atoms with Gasteiger partial charge in [-0.15, -0.1) is 0 Å². The second-order valence-electron chi connectivity index (χ2n) is 5.40. The van der Waals surface area contributed by atoms with Gasteiger partial charge in [0, 0.05) is 23.4 Å². The van der Waals surface area contributed by atoms with Crippen molar-refractivity contribution in [2.24, 2.45) is 0 Å². The van der Waals surface area contributed by atoms with Gasteiger partial charge in [0.1, 0.15) is 17.2 Å². The summed E-state index contributed by atoms with van der Waals surface area (Å²) in [5.74, 6) is -0.530. The molecule has 0 atom stereocenters. The van der Waals surface area contributed by atoms with Gasteiger partial charge in [0.05, 0.1) is 6.26 Å². The molecule has 2 aromatic carbocycles. The Balaban J connectivity index is 1.83. The van der Waals surface area contributed by atoms with Crippen molar-refractivity contribution in [1.29, 1.82) is 0 Å². The van der Waals surface area contributed by atoms with Gasteiger partial charge >= 0.3 is 0 Å². The average molecular weight is 348 g/mol. The number of nitrogens with one attached hydrogen (secondary N) is 2. The largest absolute Gasteiger partial charge is 0.508 e. The van der Waals surface area contributed by atoms with E-state index in [0.717, 1.165) is 0 Å². The highest BCUT2D eigenvalue weighted by Gasteiger charge is 2.15. The number of anilines is 1. The van der Waals surface area contributed by atoms with Gasteiger partial charge in [-0.3, -0.25) is 9.59 Å². The molecule has 0 fully saturated rings. The van der Waals surface area contributed by atoms with Crippen LogP contribution in [0.15, 0.2) is 83.1 Å². The highest BCUT2D eigenvalue weighted by atomic mass is 16.3. The van der Waals surface area contributed by atoms with Crippen molar-refractivity contribution in [3.05, 3.63) is 90.0 Å². The molecule has 0 aliphatic rings. The van der Waals surface area contributed by atoms with Crippen LogP contribution in [-0.4, -0.2) is 16.9 Å². The second-order valence-corrected chi connectivity index (χ2v) is 5.40. The van der Waals surface area contributed by atoms with Gasteiger partial charge in [-0.2, -0.15) is 0 Å². The lowest BCUT2D eigenvalue weighted by Gasteiger charge is -2.11. The summed E-state index contributed by atoms with van der Waals surface area (Å²) >= 11 is 0.